The second-order valence-electron chi connectivity index (χ2n) is 4.17. The minimum atomic E-state index is -0.558. The molecule has 7 heteroatoms. The Morgan fingerprint density at radius 3 is 2.53 bits per heavy atom. The molecule has 0 radical (unpaired) electrons. The molecule has 6 nitrogen and oxygen atoms in total. The molecular formula is C12H18N4O2S. The largest absolute Gasteiger partial charge is 0.370 e. The van der Waals surface area contributed by atoms with Crippen molar-refractivity contribution in [2.75, 3.05) is 23.9 Å². The number of unbranched alkanes of at least 4 members (excludes halogenated alkanes) is 1. The van der Waals surface area contributed by atoms with Crippen molar-refractivity contribution in [1.29, 1.82) is 5.26 Å². The average molecular weight is 282 g/mol. The van der Waals surface area contributed by atoms with Crippen molar-refractivity contribution in [3.63, 3.8) is 0 Å². The van der Waals surface area contributed by atoms with Crippen LogP contribution in [-0.4, -0.2) is 27.7 Å². The molecule has 0 aliphatic heterocycles. The Hall–Kier alpha value is -1.68. The van der Waals surface area contributed by atoms with Gasteiger partial charge in [0.2, 0.25) is 0 Å². The molecule has 0 aliphatic rings. The van der Waals surface area contributed by atoms with Crippen LogP contribution in [0.25, 0.3) is 0 Å². The van der Waals surface area contributed by atoms with Crippen LogP contribution < -0.4 is 16.6 Å². The van der Waals surface area contributed by atoms with Crippen molar-refractivity contribution >= 4 is 17.6 Å². The maximum atomic E-state index is 11.8. The zero-order valence-electron chi connectivity index (χ0n) is 11.4. The molecule has 0 amide bonds. The first-order chi connectivity index (χ1) is 9.04. The molecule has 0 fully saturated rings. The van der Waals surface area contributed by atoms with Gasteiger partial charge in [-0.25, -0.2) is 4.79 Å². The Morgan fingerprint density at radius 2 is 1.95 bits per heavy atom. The highest BCUT2D eigenvalue weighted by atomic mass is 32.2. The maximum Gasteiger partial charge on any atom is 0.332 e. The summed E-state index contributed by atoms with van der Waals surface area (Å²) in [4.78, 5) is 23.6. The van der Waals surface area contributed by atoms with Gasteiger partial charge >= 0.3 is 5.69 Å². The number of nitrogens with one attached hydrogen (secondary N) is 1. The summed E-state index contributed by atoms with van der Waals surface area (Å²) in [6, 6.07) is 1.87. The van der Waals surface area contributed by atoms with Gasteiger partial charge in [0.05, 0.1) is 0 Å². The van der Waals surface area contributed by atoms with Gasteiger partial charge in [0.25, 0.3) is 5.56 Å². The molecule has 1 rings (SSSR count). The number of hydrogen-bond donors (Lipinski definition) is 1. The van der Waals surface area contributed by atoms with E-state index in [0.29, 0.717) is 12.4 Å². The standard InChI is InChI=1S/C12H18N4O2S/c1-15-10(14-6-4-5-7-19-3)9(8-13)11(17)16(2)12(15)18/h14H,4-7H2,1-3H3. The summed E-state index contributed by atoms with van der Waals surface area (Å²) in [7, 11) is 2.92. The van der Waals surface area contributed by atoms with E-state index in [1.807, 2.05) is 12.3 Å². The molecule has 19 heavy (non-hydrogen) atoms. The first-order valence-electron chi connectivity index (χ1n) is 5.97. The Morgan fingerprint density at radius 1 is 1.26 bits per heavy atom. The fourth-order valence-corrected chi connectivity index (χ4v) is 2.22. The summed E-state index contributed by atoms with van der Waals surface area (Å²) < 4.78 is 2.24. The monoisotopic (exact) mass is 282 g/mol. The van der Waals surface area contributed by atoms with Crippen LogP contribution in [0.5, 0.6) is 0 Å². The molecule has 0 atom stereocenters. The van der Waals surface area contributed by atoms with E-state index >= 15 is 0 Å². The molecule has 0 bridgehead atoms. The topological polar surface area (TPSA) is 79.8 Å². The first-order valence-corrected chi connectivity index (χ1v) is 7.37. The minimum Gasteiger partial charge on any atom is -0.370 e. The fraction of sp³-hybridized carbons (Fsp3) is 0.583. The minimum absolute atomic E-state index is 0.0190. The van der Waals surface area contributed by atoms with E-state index in [4.69, 9.17) is 5.26 Å². The molecule has 0 aliphatic carbocycles. The maximum absolute atomic E-state index is 11.8. The number of rotatable bonds is 6. The van der Waals surface area contributed by atoms with Crippen LogP contribution in [0.4, 0.5) is 5.82 Å². The smallest absolute Gasteiger partial charge is 0.332 e. The SMILES string of the molecule is CSCCCCNc1c(C#N)c(=O)n(C)c(=O)n1C. The van der Waals surface area contributed by atoms with Crippen LogP contribution in [0.2, 0.25) is 0 Å². The van der Waals surface area contributed by atoms with Crippen molar-refractivity contribution < 1.29 is 0 Å². The summed E-state index contributed by atoms with van der Waals surface area (Å²) in [5, 5.41) is 12.1. The van der Waals surface area contributed by atoms with Crippen molar-refractivity contribution in [1.82, 2.24) is 9.13 Å². The second-order valence-corrected chi connectivity index (χ2v) is 5.15. The van der Waals surface area contributed by atoms with E-state index in [2.05, 4.69) is 5.32 Å². The summed E-state index contributed by atoms with van der Waals surface area (Å²) in [5.74, 6) is 1.38. The van der Waals surface area contributed by atoms with E-state index in [1.54, 1.807) is 18.8 Å². The molecule has 0 aromatic carbocycles. The van der Waals surface area contributed by atoms with Crippen LogP contribution in [0, 0.1) is 11.3 Å². The third kappa shape index (κ3) is 3.41. The Labute approximate surface area is 116 Å². The lowest BCUT2D eigenvalue weighted by Gasteiger charge is -2.13. The summed E-state index contributed by atoms with van der Waals surface area (Å²) >= 11 is 1.78. The van der Waals surface area contributed by atoms with E-state index in [0.717, 1.165) is 23.2 Å². The van der Waals surface area contributed by atoms with E-state index in [1.165, 1.54) is 11.6 Å². The summed E-state index contributed by atoms with van der Waals surface area (Å²) in [6.45, 7) is 0.635. The van der Waals surface area contributed by atoms with Crippen LogP contribution in [0.3, 0.4) is 0 Å². The molecular weight excluding hydrogens is 264 g/mol. The summed E-state index contributed by atoms with van der Waals surface area (Å²) in [6.07, 6.45) is 4.02. The van der Waals surface area contributed by atoms with E-state index < -0.39 is 11.2 Å². The van der Waals surface area contributed by atoms with Crippen LogP contribution in [0.1, 0.15) is 18.4 Å². The number of thioether (sulfide) groups is 1. The molecule has 1 heterocycles. The highest BCUT2D eigenvalue weighted by molar-refractivity contribution is 7.98. The van der Waals surface area contributed by atoms with Crippen LogP contribution in [0.15, 0.2) is 9.59 Å². The zero-order chi connectivity index (χ0) is 14.4. The lowest BCUT2D eigenvalue weighted by molar-refractivity contribution is 0.682. The fourth-order valence-electron chi connectivity index (χ4n) is 1.73. The van der Waals surface area contributed by atoms with Gasteiger partial charge < -0.3 is 5.32 Å². The number of aromatic nitrogens is 2. The number of hydrogen-bond acceptors (Lipinski definition) is 5. The molecule has 0 unspecified atom stereocenters. The number of anilines is 1. The Kier molecular flexibility index (Phi) is 5.70. The lowest BCUT2D eigenvalue weighted by atomic mass is 10.3. The van der Waals surface area contributed by atoms with Crippen molar-refractivity contribution in [3.05, 3.63) is 26.4 Å². The molecule has 1 N–H and O–H groups in total. The van der Waals surface area contributed by atoms with Gasteiger partial charge in [0.15, 0.2) is 5.56 Å². The number of nitrogens with zero attached hydrogens (tertiary/aromatic N) is 3. The quantitative estimate of drug-likeness (QED) is 0.769. The molecule has 1 aromatic rings. The first kappa shape index (κ1) is 15.4. The van der Waals surface area contributed by atoms with E-state index in [-0.39, 0.29) is 5.56 Å². The van der Waals surface area contributed by atoms with Crippen molar-refractivity contribution in [2.24, 2.45) is 14.1 Å². The van der Waals surface area contributed by atoms with Crippen LogP contribution in [-0.2, 0) is 14.1 Å². The Balaban J connectivity index is 2.98. The third-order valence-electron chi connectivity index (χ3n) is 2.84. The van der Waals surface area contributed by atoms with Crippen molar-refractivity contribution in [2.45, 2.75) is 12.8 Å². The van der Waals surface area contributed by atoms with Gasteiger partial charge in [-0.1, -0.05) is 0 Å². The van der Waals surface area contributed by atoms with Gasteiger partial charge in [-0.15, -0.1) is 0 Å². The van der Waals surface area contributed by atoms with Gasteiger partial charge in [0.1, 0.15) is 11.9 Å². The Bertz CT molecular complexity index is 597. The van der Waals surface area contributed by atoms with E-state index in [9.17, 15) is 9.59 Å². The highest BCUT2D eigenvalue weighted by Gasteiger charge is 2.14. The zero-order valence-corrected chi connectivity index (χ0v) is 12.2. The number of nitriles is 1. The second kappa shape index (κ2) is 7.04. The molecule has 0 spiro atoms. The highest BCUT2D eigenvalue weighted by Crippen LogP contribution is 2.07. The molecule has 0 saturated carbocycles. The van der Waals surface area contributed by atoms with Gasteiger partial charge in [0, 0.05) is 20.6 Å². The van der Waals surface area contributed by atoms with Gasteiger partial charge in [-0.05, 0) is 24.9 Å². The normalized spacial score (nSPS) is 10.2. The molecule has 104 valence electrons. The van der Waals surface area contributed by atoms with Gasteiger partial charge in [-0.3, -0.25) is 13.9 Å². The van der Waals surface area contributed by atoms with Crippen LogP contribution >= 0.6 is 11.8 Å². The average Bonchev–Trinajstić information content (AvgIpc) is 2.41. The lowest BCUT2D eigenvalue weighted by Crippen LogP contribution is -2.39. The van der Waals surface area contributed by atoms with Crippen molar-refractivity contribution in [3.8, 4) is 6.07 Å². The molecule has 1 aromatic heterocycles. The molecule has 0 saturated heterocycles. The predicted octanol–water partition coefficient (Wildman–Crippen LogP) is 0.511. The van der Waals surface area contributed by atoms with Gasteiger partial charge in [-0.2, -0.15) is 17.0 Å². The third-order valence-corrected chi connectivity index (χ3v) is 3.54. The summed E-state index contributed by atoms with van der Waals surface area (Å²) in [5.41, 5.74) is -1.01. The predicted molar refractivity (Wildman–Crippen MR) is 77.7 cm³/mol.